The van der Waals surface area contributed by atoms with Crippen molar-refractivity contribution in [3.63, 3.8) is 0 Å². The minimum atomic E-state index is -0.307. The van der Waals surface area contributed by atoms with Crippen LogP contribution in [0.3, 0.4) is 0 Å². The molecule has 182 valence electrons. The number of carbonyl (C=O) groups excluding carboxylic acids is 2. The minimum Gasteiger partial charge on any atom is -0.353 e. The van der Waals surface area contributed by atoms with E-state index in [9.17, 15) is 14.0 Å². The van der Waals surface area contributed by atoms with E-state index in [-0.39, 0.29) is 23.1 Å². The van der Waals surface area contributed by atoms with Crippen LogP contribution < -0.4 is 5.32 Å². The summed E-state index contributed by atoms with van der Waals surface area (Å²) in [5.41, 5.74) is 1.70. The van der Waals surface area contributed by atoms with Crippen LogP contribution in [0.4, 0.5) is 4.39 Å². The summed E-state index contributed by atoms with van der Waals surface area (Å²) < 4.78 is 14.4. The normalized spacial score (nSPS) is 32.5. The van der Waals surface area contributed by atoms with E-state index in [1.165, 1.54) is 19.3 Å². The smallest absolute Gasteiger partial charge is 0.220 e. The summed E-state index contributed by atoms with van der Waals surface area (Å²) in [6.07, 6.45) is 11.5. The first-order valence-electron chi connectivity index (χ1n) is 13.4. The molecule has 0 heterocycles. The highest BCUT2D eigenvalue weighted by Gasteiger charge is 2.54. The van der Waals surface area contributed by atoms with Crippen LogP contribution in [0.15, 0.2) is 18.2 Å². The predicted molar refractivity (Wildman–Crippen MR) is 130 cm³/mol. The standard InChI is InChI=1S/C29H42FNO2/c1-4-29(3)26(32)18-20(10-8-15-27(33)31-21-11-6-5-7-12-21)28(29)23-16-17-24-22(19(23)2)13-9-14-25(24)30/h9,13-14,19-21,23,28H,4-8,10-12,15-18H2,1-3H3,(H,31,33)/t19?,20-,23?,28?,29-/m1/s1. The third-order valence-corrected chi connectivity index (χ3v) is 9.49. The second kappa shape index (κ2) is 10.3. The molecule has 5 atom stereocenters. The molecule has 33 heavy (non-hydrogen) atoms. The molecule has 0 bridgehead atoms. The largest absolute Gasteiger partial charge is 0.353 e. The lowest BCUT2D eigenvalue weighted by Crippen LogP contribution is -2.39. The quantitative estimate of drug-likeness (QED) is 0.495. The van der Waals surface area contributed by atoms with Crippen LogP contribution in [0.2, 0.25) is 0 Å². The van der Waals surface area contributed by atoms with E-state index in [2.05, 4.69) is 32.2 Å². The molecule has 0 aromatic heterocycles. The van der Waals surface area contributed by atoms with Gasteiger partial charge in [-0.3, -0.25) is 9.59 Å². The highest BCUT2D eigenvalue weighted by molar-refractivity contribution is 5.87. The maximum absolute atomic E-state index is 14.4. The first kappa shape index (κ1) is 24.4. The van der Waals surface area contributed by atoms with Crippen molar-refractivity contribution in [3.05, 3.63) is 35.1 Å². The molecule has 2 saturated carbocycles. The lowest BCUT2D eigenvalue weighted by atomic mass is 9.60. The minimum absolute atomic E-state index is 0.0842. The van der Waals surface area contributed by atoms with Gasteiger partial charge in [-0.15, -0.1) is 0 Å². The van der Waals surface area contributed by atoms with Crippen molar-refractivity contribution >= 4 is 11.7 Å². The number of carbonyl (C=O) groups is 2. The summed E-state index contributed by atoms with van der Waals surface area (Å²) >= 11 is 0. The van der Waals surface area contributed by atoms with Gasteiger partial charge in [-0.05, 0) is 85.8 Å². The summed E-state index contributed by atoms with van der Waals surface area (Å²) in [5.74, 6) is 1.76. The van der Waals surface area contributed by atoms with E-state index in [1.54, 1.807) is 6.07 Å². The number of hydrogen-bond donors (Lipinski definition) is 1. The number of Topliss-reactive ketones (excluding diaryl/α,β-unsaturated/α-hetero) is 1. The lowest BCUT2D eigenvalue weighted by Gasteiger charge is -2.44. The van der Waals surface area contributed by atoms with E-state index >= 15 is 0 Å². The Morgan fingerprint density at radius 2 is 1.94 bits per heavy atom. The Balaban J connectivity index is 1.44. The maximum Gasteiger partial charge on any atom is 0.220 e. The average molecular weight is 456 g/mol. The lowest BCUT2D eigenvalue weighted by molar-refractivity contribution is -0.127. The van der Waals surface area contributed by atoms with E-state index in [4.69, 9.17) is 0 Å². The van der Waals surface area contributed by atoms with Crippen LogP contribution >= 0.6 is 0 Å². The first-order valence-corrected chi connectivity index (χ1v) is 13.4. The molecule has 0 saturated heterocycles. The molecular weight excluding hydrogens is 413 g/mol. The van der Waals surface area contributed by atoms with Gasteiger partial charge in [0.1, 0.15) is 11.6 Å². The summed E-state index contributed by atoms with van der Waals surface area (Å²) in [6, 6.07) is 5.84. The molecule has 3 nitrogen and oxygen atoms in total. The van der Waals surface area contributed by atoms with Crippen molar-refractivity contribution < 1.29 is 14.0 Å². The van der Waals surface area contributed by atoms with Gasteiger partial charge in [-0.1, -0.05) is 52.2 Å². The van der Waals surface area contributed by atoms with E-state index in [0.717, 1.165) is 56.1 Å². The Labute approximate surface area is 199 Å². The summed E-state index contributed by atoms with van der Waals surface area (Å²) in [7, 11) is 0. The van der Waals surface area contributed by atoms with Crippen LogP contribution in [0.5, 0.6) is 0 Å². The van der Waals surface area contributed by atoms with Gasteiger partial charge >= 0.3 is 0 Å². The zero-order chi connectivity index (χ0) is 23.6. The van der Waals surface area contributed by atoms with Gasteiger partial charge < -0.3 is 5.32 Å². The van der Waals surface area contributed by atoms with Crippen LogP contribution in [-0.2, 0) is 16.0 Å². The number of halogens is 1. The summed E-state index contributed by atoms with van der Waals surface area (Å²) in [5, 5.41) is 3.24. The summed E-state index contributed by atoms with van der Waals surface area (Å²) in [6.45, 7) is 6.55. The van der Waals surface area contributed by atoms with Crippen LogP contribution in [0.1, 0.15) is 108 Å². The topological polar surface area (TPSA) is 46.2 Å². The second-order valence-corrected chi connectivity index (χ2v) is 11.3. The van der Waals surface area contributed by atoms with Crippen LogP contribution in [0.25, 0.3) is 0 Å². The summed E-state index contributed by atoms with van der Waals surface area (Å²) in [4.78, 5) is 25.7. The molecule has 0 aliphatic heterocycles. The molecule has 3 aliphatic carbocycles. The molecule has 0 spiro atoms. The highest BCUT2D eigenvalue weighted by atomic mass is 19.1. The van der Waals surface area contributed by atoms with Gasteiger partial charge in [0, 0.05) is 24.3 Å². The van der Waals surface area contributed by atoms with Gasteiger partial charge in [0.25, 0.3) is 0 Å². The number of fused-ring (bicyclic) bond motifs is 1. The molecule has 3 aliphatic rings. The molecule has 4 rings (SSSR count). The predicted octanol–water partition coefficient (Wildman–Crippen LogP) is 6.73. The van der Waals surface area contributed by atoms with Gasteiger partial charge in [0.05, 0.1) is 0 Å². The van der Waals surface area contributed by atoms with E-state index < -0.39 is 0 Å². The molecule has 1 N–H and O–H groups in total. The van der Waals surface area contributed by atoms with Crippen molar-refractivity contribution in [2.24, 2.45) is 23.2 Å². The SMILES string of the molecule is CC[C@]1(C)C(=O)C[C@@H](CCCC(=O)NC2CCCCC2)C1C1CCc2c(F)cccc2C1C. The van der Waals surface area contributed by atoms with Crippen molar-refractivity contribution in [1.29, 1.82) is 0 Å². The fraction of sp³-hybridized carbons (Fsp3) is 0.724. The fourth-order valence-corrected chi connectivity index (χ4v) is 7.46. The first-order chi connectivity index (χ1) is 15.8. The van der Waals surface area contributed by atoms with Gasteiger partial charge in [0.15, 0.2) is 0 Å². The zero-order valence-corrected chi connectivity index (χ0v) is 20.8. The zero-order valence-electron chi connectivity index (χ0n) is 20.8. The Morgan fingerprint density at radius 1 is 1.18 bits per heavy atom. The average Bonchev–Trinajstić information content (AvgIpc) is 3.05. The molecular formula is C29H42FNO2. The number of ketones is 1. The van der Waals surface area contributed by atoms with Crippen molar-refractivity contribution in [2.45, 2.75) is 110 Å². The molecule has 4 heteroatoms. The van der Waals surface area contributed by atoms with Crippen molar-refractivity contribution in [1.82, 2.24) is 5.32 Å². The number of nitrogens with one attached hydrogen (secondary N) is 1. The monoisotopic (exact) mass is 455 g/mol. The number of rotatable bonds is 7. The van der Waals surface area contributed by atoms with Gasteiger partial charge in [0.2, 0.25) is 5.91 Å². The van der Waals surface area contributed by atoms with Crippen LogP contribution in [-0.4, -0.2) is 17.7 Å². The van der Waals surface area contributed by atoms with Crippen LogP contribution in [0, 0.1) is 29.0 Å². The molecule has 1 amide bonds. The number of hydrogen-bond acceptors (Lipinski definition) is 2. The van der Waals surface area contributed by atoms with Crippen molar-refractivity contribution in [3.8, 4) is 0 Å². The molecule has 0 radical (unpaired) electrons. The van der Waals surface area contributed by atoms with E-state index in [0.29, 0.717) is 42.4 Å². The Bertz CT molecular complexity index is 861. The Morgan fingerprint density at radius 3 is 2.67 bits per heavy atom. The second-order valence-electron chi connectivity index (χ2n) is 11.3. The maximum atomic E-state index is 14.4. The molecule has 1 aromatic carbocycles. The van der Waals surface area contributed by atoms with Gasteiger partial charge in [-0.2, -0.15) is 0 Å². The Kier molecular flexibility index (Phi) is 7.60. The fourth-order valence-electron chi connectivity index (χ4n) is 7.46. The third-order valence-electron chi connectivity index (χ3n) is 9.49. The molecule has 1 aromatic rings. The molecule has 3 unspecified atom stereocenters. The molecule has 2 fully saturated rings. The third kappa shape index (κ3) is 4.91. The van der Waals surface area contributed by atoms with Crippen molar-refractivity contribution in [2.75, 3.05) is 0 Å². The number of amides is 1. The highest BCUT2D eigenvalue weighted by Crippen LogP contribution is 2.57. The number of benzene rings is 1. The van der Waals surface area contributed by atoms with E-state index in [1.807, 2.05) is 6.07 Å². The Hall–Kier alpha value is -1.71. The van der Waals surface area contributed by atoms with Gasteiger partial charge in [-0.25, -0.2) is 4.39 Å².